The second-order valence-electron chi connectivity index (χ2n) is 2.96. The molecule has 2 heteroatoms. The average molecular weight is 170 g/mol. The predicted octanol–water partition coefficient (Wildman–Crippen LogP) is 3.23. The van der Waals surface area contributed by atoms with Crippen LogP contribution in [0.3, 0.4) is 0 Å². The molecule has 0 bridgehead atoms. The standard InChI is InChI=1S/C10H12F2/c1-3-4-8-9(11)5-7(2)6-10(8)12/h5-6H,3-4H2,1-2H3. The van der Waals surface area contributed by atoms with E-state index in [1.165, 1.54) is 12.1 Å². The van der Waals surface area contributed by atoms with Crippen LogP contribution in [0.4, 0.5) is 8.78 Å². The van der Waals surface area contributed by atoms with Gasteiger partial charge in [0.05, 0.1) is 0 Å². The lowest BCUT2D eigenvalue weighted by Gasteiger charge is -2.03. The fraction of sp³-hybridized carbons (Fsp3) is 0.400. The van der Waals surface area contributed by atoms with Crippen LogP contribution in [0.25, 0.3) is 0 Å². The molecule has 0 fully saturated rings. The Hall–Kier alpha value is -0.920. The van der Waals surface area contributed by atoms with Gasteiger partial charge in [-0.1, -0.05) is 13.3 Å². The number of benzene rings is 1. The van der Waals surface area contributed by atoms with Gasteiger partial charge in [-0.2, -0.15) is 0 Å². The zero-order valence-electron chi connectivity index (χ0n) is 7.32. The summed E-state index contributed by atoms with van der Waals surface area (Å²) in [5.41, 5.74) is 0.841. The molecule has 0 saturated carbocycles. The first-order valence-corrected chi connectivity index (χ1v) is 4.09. The second-order valence-corrected chi connectivity index (χ2v) is 2.96. The van der Waals surface area contributed by atoms with Crippen molar-refractivity contribution in [3.05, 3.63) is 34.9 Å². The van der Waals surface area contributed by atoms with Crippen molar-refractivity contribution in [1.82, 2.24) is 0 Å². The lowest BCUT2D eigenvalue weighted by Crippen LogP contribution is -1.95. The Bertz CT molecular complexity index is 256. The van der Waals surface area contributed by atoms with E-state index in [1.54, 1.807) is 6.92 Å². The molecule has 0 atom stereocenters. The van der Waals surface area contributed by atoms with Crippen LogP contribution < -0.4 is 0 Å². The van der Waals surface area contributed by atoms with Gasteiger partial charge in [-0.15, -0.1) is 0 Å². The van der Waals surface area contributed by atoms with E-state index in [4.69, 9.17) is 0 Å². The molecule has 1 rings (SSSR count). The molecule has 0 nitrogen and oxygen atoms in total. The number of halogens is 2. The number of rotatable bonds is 2. The quantitative estimate of drug-likeness (QED) is 0.639. The van der Waals surface area contributed by atoms with Crippen molar-refractivity contribution in [1.29, 1.82) is 0 Å². The van der Waals surface area contributed by atoms with Crippen LogP contribution in [-0.2, 0) is 6.42 Å². The highest BCUT2D eigenvalue weighted by atomic mass is 19.1. The van der Waals surface area contributed by atoms with Crippen LogP contribution in [0.2, 0.25) is 0 Å². The van der Waals surface area contributed by atoms with Gasteiger partial charge in [-0.25, -0.2) is 8.78 Å². The first-order chi connectivity index (χ1) is 5.65. The molecule has 0 aromatic heterocycles. The molecule has 0 heterocycles. The Kier molecular flexibility index (Phi) is 2.79. The van der Waals surface area contributed by atoms with Gasteiger partial charge in [0, 0.05) is 5.56 Å². The normalized spacial score (nSPS) is 10.3. The smallest absolute Gasteiger partial charge is 0.129 e. The number of hydrogen-bond donors (Lipinski definition) is 0. The molecule has 0 N–H and O–H groups in total. The van der Waals surface area contributed by atoms with Crippen molar-refractivity contribution < 1.29 is 8.78 Å². The van der Waals surface area contributed by atoms with Crippen molar-refractivity contribution >= 4 is 0 Å². The predicted molar refractivity (Wildman–Crippen MR) is 45.1 cm³/mol. The monoisotopic (exact) mass is 170 g/mol. The highest BCUT2D eigenvalue weighted by molar-refractivity contribution is 5.25. The van der Waals surface area contributed by atoms with Gasteiger partial charge in [0.2, 0.25) is 0 Å². The van der Waals surface area contributed by atoms with Crippen molar-refractivity contribution in [2.24, 2.45) is 0 Å². The van der Waals surface area contributed by atoms with Crippen molar-refractivity contribution in [3.63, 3.8) is 0 Å². The molecule has 0 radical (unpaired) electrons. The summed E-state index contributed by atoms with van der Waals surface area (Å²) in [5.74, 6) is -0.844. The van der Waals surface area contributed by atoms with Crippen molar-refractivity contribution in [3.8, 4) is 0 Å². The van der Waals surface area contributed by atoms with Crippen LogP contribution in [0.5, 0.6) is 0 Å². The van der Waals surface area contributed by atoms with Gasteiger partial charge in [0.1, 0.15) is 11.6 Å². The summed E-state index contributed by atoms with van der Waals surface area (Å²) in [4.78, 5) is 0. The molecule has 66 valence electrons. The van der Waals surface area contributed by atoms with Gasteiger partial charge in [-0.3, -0.25) is 0 Å². The first-order valence-electron chi connectivity index (χ1n) is 4.09. The van der Waals surface area contributed by atoms with Gasteiger partial charge in [-0.05, 0) is 31.0 Å². The van der Waals surface area contributed by atoms with E-state index in [1.807, 2.05) is 6.92 Å². The van der Waals surface area contributed by atoms with E-state index in [9.17, 15) is 8.78 Å². The topological polar surface area (TPSA) is 0 Å². The molecule has 0 unspecified atom stereocenters. The van der Waals surface area contributed by atoms with Gasteiger partial charge in [0.15, 0.2) is 0 Å². The third kappa shape index (κ3) is 1.81. The van der Waals surface area contributed by atoms with E-state index in [0.717, 1.165) is 6.42 Å². The Balaban J connectivity index is 3.10. The summed E-state index contributed by atoms with van der Waals surface area (Å²) in [5, 5.41) is 0. The Morgan fingerprint density at radius 1 is 1.17 bits per heavy atom. The van der Waals surface area contributed by atoms with E-state index in [2.05, 4.69) is 0 Å². The Labute approximate surface area is 71.2 Å². The van der Waals surface area contributed by atoms with Crippen LogP contribution in [-0.4, -0.2) is 0 Å². The van der Waals surface area contributed by atoms with Crippen LogP contribution in [0, 0.1) is 18.6 Å². The van der Waals surface area contributed by atoms with E-state index < -0.39 is 11.6 Å². The van der Waals surface area contributed by atoms with Crippen LogP contribution >= 0.6 is 0 Å². The Morgan fingerprint density at radius 2 is 1.67 bits per heavy atom. The Morgan fingerprint density at radius 3 is 2.08 bits per heavy atom. The molecule has 0 aliphatic carbocycles. The minimum atomic E-state index is -0.422. The molecule has 0 amide bonds. The summed E-state index contributed by atoms with van der Waals surface area (Å²) in [7, 11) is 0. The van der Waals surface area contributed by atoms with Crippen molar-refractivity contribution in [2.75, 3.05) is 0 Å². The molecule has 0 aliphatic rings. The molecular weight excluding hydrogens is 158 g/mol. The van der Waals surface area contributed by atoms with Crippen LogP contribution in [0.15, 0.2) is 12.1 Å². The maximum atomic E-state index is 13.1. The van der Waals surface area contributed by atoms with Gasteiger partial charge >= 0.3 is 0 Å². The summed E-state index contributed by atoms with van der Waals surface area (Å²) in [6.45, 7) is 3.58. The third-order valence-electron chi connectivity index (χ3n) is 1.79. The molecule has 1 aromatic rings. The van der Waals surface area contributed by atoms with Crippen molar-refractivity contribution in [2.45, 2.75) is 26.7 Å². The first kappa shape index (κ1) is 9.17. The minimum Gasteiger partial charge on any atom is -0.207 e. The molecule has 0 saturated heterocycles. The maximum Gasteiger partial charge on any atom is 0.129 e. The zero-order valence-corrected chi connectivity index (χ0v) is 7.32. The highest BCUT2D eigenvalue weighted by Crippen LogP contribution is 2.16. The summed E-state index contributed by atoms with van der Waals surface area (Å²) >= 11 is 0. The fourth-order valence-electron chi connectivity index (χ4n) is 1.22. The summed E-state index contributed by atoms with van der Waals surface area (Å²) < 4.78 is 26.1. The maximum absolute atomic E-state index is 13.1. The van der Waals surface area contributed by atoms with E-state index in [0.29, 0.717) is 12.0 Å². The second kappa shape index (κ2) is 3.65. The van der Waals surface area contributed by atoms with Gasteiger partial charge in [0.25, 0.3) is 0 Å². The zero-order chi connectivity index (χ0) is 9.14. The summed E-state index contributed by atoms with van der Waals surface area (Å²) in [6.07, 6.45) is 1.23. The van der Waals surface area contributed by atoms with Crippen LogP contribution in [0.1, 0.15) is 24.5 Å². The number of hydrogen-bond acceptors (Lipinski definition) is 0. The highest BCUT2D eigenvalue weighted by Gasteiger charge is 2.07. The minimum absolute atomic E-state index is 0.211. The molecule has 12 heavy (non-hydrogen) atoms. The largest absolute Gasteiger partial charge is 0.207 e. The van der Waals surface area contributed by atoms with Gasteiger partial charge < -0.3 is 0 Å². The SMILES string of the molecule is CCCc1c(F)cc(C)cc1F. The molecular formula is C10H12F2. The third-order valence-corrected chi connectivity index (χ3v) is 1.79. The average Bonchev–Trinajstić information content (AvgIpc) is 1.96. The van der Waals surface area contributed by atoms with E-state index >= 15 is 0 Å². The lowest BCUT2D eigenvalue weighted by atomic mass is 10.1. The number of aryl methyl sites for hydroxylation is 1. The lowest BCUT2D eigenvalue weighted by molar-refractivity contribution is 0.551. The molecule has 0 aliphatic heterocycles. The fourth-order valence-corrected chi connectivity index (χ4v) is 1.22. The molecule has 0 spiro atoms. The van der Waals surface area contributed by atoms with E-state index in [-0.39, 0.29) is 5.56 Å². The summed E-state index contributed by atoms with van der Waals surface area (Å²) in [6, 6.07) is 2.74. The molecule has 1 aromatic carbocycles.